The largest absolute Gasteiger partial charge is 0.491 e. The molecule has 258 valence electrons. The Morgan fingerprint density at radius 3 is 1.27 bits per heavy atom. The molecule has 0 N–H and O–H groups in total. The third-order valence-electron chi connectivity index (χ3n) is 6.94. The summed E-state index contributed by atoms with van der Waals surface area (Å²) in [6.07, 6.45) is 10.3. The first-order valence-electron chi connectivity index (χ1n) is 17.1. The lowest BCUT2D eigenvalue weighted by Gasteiger charge is -2.10. The monoisotopic (exact) mass is 628 g/mol. The van der Waals surface area contributed by atoms with Crippen molar-refractivity contribution in [2.45, 2.75) is 72.1 Å². The summed E-state index contributed by atoms with van der Waals surface area (Å²) in [5.74, 6) is 1.49. The van der Waals surface area contributed by atoms with E-state index in [1.165, 1.54) is 44.1 Å². The second-order valence-electron chi connectivity index (χ2n) is 10.9. The zero-order chi connectivity index (χ0) is 31.6. The summed E-state index contributed by atoms with van der Waals surface area (Å²) in [4.78, 5) is 0. The summed E-state index contributed by atoms with van der Waals surface area (Å²) in [7, 11) is 0. The van der Waals surface area contributed by atoms with Gasteiger partial charge in [0.25, 0.3) is 0 Å². The quantitative estimate of drug-likeness (QED) is 0.0823. The van der Waals surface area contributed by atoms with Crippen LogP contribution in [0.5, 0.6) is 5.75 Å². The highest BCUT2D eigenvalue weighted by Crippen LogP contribution is 2.15. The minimum Gasteiger partial charge on any atom is -0.491 e. The van der Waals surface area contributed by atoms with Crippen molar-refractivity contribution in [3.05, 3.63) is 29.8 Å². The Kier molecular flexibility index (Phi) is 30.6. The topological polar surface area (TPSA) is 83.1 Å². The first-order chi connectivity index (χ1) is 21.8. The molecular weight excluding hydrogens is 564 g/mol. The Balaban J connectivity index is 1.72. The molecule has 0 aliphatic heterocycles. The minimum absolute atomic E-state index is 0.531. The highest BCUT2D eigenvalue weighted by molar-refractivity contribution is 5.27. The molecule has 0 saturated heterocycles. The van der Waals surface area contributed by atoms with E-state index in [4.69, 9.17) is 42.6 Å². The third-order valence-corrected chi connectivity index (χ3v) is 6.94. The first kappa shape index (κ1) is 40.7. The van der Waals surface area contributed by atoms with Crippen molar-refractivity contribution in [1.29, 1.82) is 0 Å². The summed E-state index contributed by atoms with van der Waals surface area (Å²) in [6.45, 7) is 16.2. The van der Waals surface area contributed by atoms with Gasteiger partial charge in [0.2, 0.25) is 0 Å². The second-order valence-corrected chi connectivity index (χ2v) is 10.9. The van der Waals surface area contributed by atoms with Crippen LogP contribution in [0.1, 0.15) is 71.3 Å². The van der Waals surface area contributed by atoms with Gasteiger partial charge in [-0.1, -0.05) is 71.4 Å². The van der Waals surface area contributed by atoms with Crippen LogP contribution in [0.15, 0.2) is 24.3 Å². The molecule has 1 atom stereocenters. The van der Waals surface area contributed by atoms with E-state index in [-0.39, 0.29) is 0 Å². The van der Waals surface area contributed by atoms with Crippen LogP contribution in [0.25, 0.3) is 0 Å². The van der Waals surface area contributed by atoms with E-state index >= 15 is 0 Å². The first-order valence-corrected chi connectivity index (χ1v) is 17.1. The van der Waals surface area contributed by atoms with Crippen LogP contribution in [0.4, 0.5) is 0 Å². The van der Waals surface area contributed by atoms with E-state index < -0.39 is 0 Å². The van der Waals surface area contributed by atoms with Crippen LogP contribution in [-0.4, -0.2) is 112 Å². The predicted molar refractivity (Wildman–Crippen MR) is 175 cm³/mol. The molecule has 0 bridgehead atoms. The lowest BCUT2D eigenvalue weighted by atomic mass is 10.0. The molecule has 0 heterocycles. The van der Waals surface area contributed by atoms with E-state index in [9.17, 15) is 0 Å². The summed E-state index contributed by atoms with van der Waals surface area (Å²) >= 11 is 0. The molecule has 1 aromatic carbocycles. The number of hydrogen-bond donors (Lipinski definition) is 0. The van der Waals surface area contributed by atoms with Gasteiger partial charge in [-0.25, -0.2) is 0 Å². The van der Waals surface area contributed by atoms with Crippen LogP contribution in [-0.2, 0) is 44.3 Å². The van der Waals surface area contributed by atoms with Crippen molar-refractivity contribution in [3.8, 4) is 5.75 Å². The van der Waals surface area contributed by atoms with Gasteiger partial charge in [-0.2, -0.15) is 0 Å². The lowest BCUT2D eigenvalue weighted by Crippen LogP contribution is -2.15. The van der Waals surface area contributed by atoms with Crippen molar-refractivity contribution >= 4 is 0 Å². The SMILES string of the molecule is CCCCCCCCc1ccc(OCCOCCOCCOCCOCCOCCOCCOCCOCC(C)CC)cc1. The zero-order valence-electron chi connectivity index (χ0n) is 28.2. The van der Waals surface area contributed by atoms with Gasteiger partial charge in [0, 0.05) is 6.61 Å². The Morgan fingerprint density at radius 1 is 0.455 bits per heavy atom. The Hall–Kier alpha value is -1.30. The number of rotatable bonds is 35. The number of aryl methyl sites for hydroxylation is 1. The van der Waals surface area contributed by atoms with Crippen molar-refractivity contribution in [2.75, 3.05) is 112 Å². The van der Waals surface area contributed by atoms with Gasteiger partial charge in [-0.3, -0.25) is 0 Å². The normalized spacial score (nSPS) is 12.2. The molecular formula is C35H64O9. The van der Waals surface area contributed by atoms with E-state index in [0.29, 0.717) is 112 Å². The number of ether oxygens (including phenoxy) is 9. The van der Waals surface area contributed by atoms with Gasteiger partial charge in [0.15, 0.2) is 0 Å². The highest BCUT2D eigenvalue weighted by Gasteiger charge is 2.00. The van der Waals surface area contributed by atoms with Crippen LogP contribution >= 0.6 is 0 Å². The maximum absolute atomic E-state index is 5.77. The van der Waals surface area contributed by atoms with E-state index in [1.807, 2.05) is 0 Å². The van der Waals surface area contributed by atoms with Gasteiger partial charge in [0.05, 0.1) is 99.1 Å². The molecule has 0 aliphatic rings. The fraction of sp³-hybridized carbons (Fsp3) is 0.829. The molecule has 0 amide bonds. The average molecular weight is 629 g/mol. The fourth-order valence-electron chi connectivity index (χ4n) is 4.02. The third kappa shape index (κ3) is 28.2. The molecule has 9 nitrogen and oxygen atoms in total. The molecule has 44 heavy (non-hydrogen) atoms. The highest BCUT2D eigenvalue weighted by atomic mass is 16.6. The molecule has 0 saturated carbocycles. The van der Waals surface area contributed by atoms with Crippen molar-refractivity contribution in [3.63, 3.8) is 0 Å². The summed E-state index contributed by atoms with van der Waals surface area (Å²) in [5.41, 5.74) is 1.38. The maximum Gasteiger partial charge on any atom is 0.119 e. The number of hydrogen-bond acceptors (Lipinski definition) is 9. The van der Waals surface area contributed by atoms with Crippen LogP contribution in [0.3, 0.4) is 0 Å². The van der Waals surface area contributed by atoms with Gasteiger partial charge >= 0.3 is 0 Å². The number of benzene rings is 1. The van der Waals surface area contributed by atoms with E-state index in [0.717, 1.165) is 25.2 Å². The molecule has 0 spiro atoms. The Bertz CT molecular complexity index is 689. The smallest absolute Gasteiger partial charge is 0.119 e. The standard InChI is InChI=1S/C35H64O9/c1-4-6-7-8-9-10-11-34-12-14-35(15-13-34)44-31-30-42-27-26-40-23-22-38-19-18-36-16-17-37-20-21-39-24-25-41-28-29-43-32-33(3)5-2/h12-15,33H,4-11,16-32H2,1-3H3. The summed E-state index contributed by atoms with van der Waals surface area (Å²) < 4.78 is 49.9. The molecule has 1 aromatic rings. The van der Waals surface area contributed by atoms with E-state index in [1.54, 1.807) is 0 Å². The molecule has 0 aromatic heterocycles. The average Bonchev–Trinajstić information content (AvgIpc) is 3.04. The van der Waals surface area contributed by atoms with Gasteiger partial charge in [-0.15, -0.1) is 0 Å². The van der Waals surface area contributed by atoms with Crippen molar-refractivity contribution in [1.82, 2.24) is 0 Å². The molecule has 9 heteroatoms. The predicted octanol–water partition coefficient (Wildman–Crippen LogP) is 6.15. The zero-order valence-corrected chi connectivity index (χ0v) is 28.2. The van der Waals surface area contributed by atoms with Crippen molar-refractivity contribution in [2.24, 2.45) is 5.92 Å². The van der Waals surface area contributed by atoms with Gasteiger partial charge in [0.1, 0.15) is 12.4 Å². The number of unbranched alkanes of at least 4 members (excludes halogenated alkanes) is 5. The summed E-state index contributed by atoms with van der Waals surface area (Å²) in [5, 5.41) is 0. The Labute approximate surface area is 268 Å². The summed E-state index contributed by atoms with van der Waals surface area (Å²) in [6, 6.07) is 8.45. The molecule has 1 unspecified atom stereocenters. The fourth-order valence-corrected chi connectivity index (χ4v) is 4.02. The molecule has 0 radical (unpaired) electrons. The Morgan fingerprint density at radius 2 is 0.841 bits per heavy atom. The minimum atomic E-state index is 0.531. The van der Waals surface area contributed by atoms with Gasteiger partial charge in [-0.05, 0) is 36.5 Å². The van der Waals surface area contributed by atoms with E-state index in [2.05, 4.69) is 45.0 Å². The molecule has 1 rings (SSSR count). The van der Waals surface area contributed by atoms with Crippen molar-refractivity contribution < 1.29 is 42.6 Å². The lowest BCUT2D eigenvalue weighted by molar-refractivity contribution is -0.0243. The van der Waals surface area contributed by atoms with Gasteiger partial charge < -0.3 is 42.6 Å². The second kappa shape index (κ2) is 33.1. The molecule has 0 fully saturated rings. The maximum atomic E-state index is 5.77. The molecule has 0 aliphatic carbocycles. The van der Waals surface area contributed by atoms with Crippen LogP contribution in [0, 0.1) is 5.92 Å². The van der Waals surface area contributed by atoms with Crippen LogP contribution < -0.4 is 4.74 Å². The van der Waals surface area contributed by atoms with Crippen LogP contribution in [0.2, 0.25) is 0 Å².